The van der Waals surface area contributed by atoms with E-state index in [9.17, 15) is 4.79 Å². The molecule has 4 nitrogen and oxygen atoms in total. The molecule has 0 saturated carbocycles. The van der Waals surface area contributed by atoms with Crippen LogP contribution in [0.25, 0.3) is 6.08 Å². The van der Waals surface area contributed by atoms with Crippen molar-refractivity contribution in [2.75, 3.05) is 20.3 Å². The Kier molecular flexibility index (Phi) is 5.72. The zero-order valence-electron chi connectivity index (χ0n) is 9.35. The van der Waals surface area contributed by atoms with Gasteiger partial charge < -0.3 is 14.6 Å². The monoisotopic (exact) mass is 300 g/mol. The smallest absolute Gasteiger partial charge is 0.328 e. The summed E-state index contributed by atoms with van der Waals surface area (Å²) < 4.78 is 11.1. The third kappa shape index (κ3) is 5.01. The van der Waals surface area contributed by atoms with Gasteiger partial charge in [-0.1, -0.05) is 15.9 Å². The van der Waals surface area contributed by atoms with Crippen LogP contribution >= 0.6 is 15.9 Å². The van der Waals surface area contributed by atoms with Crippen molar-refractivity contribution in [2.24, 2.45) is 0 Å². The number of carboxylic acids is 1. The Morgan fingerprint density at radius 2 is 2.24 bits per heavy atom. The van der Waals surface area contributed by atoms with Crippen molar-refractivity contribution >= 4 is 28.0 Å². The minimum absolute atomic E-state index is 0.459. The number of carbonyl (C=O) groups is 1. The standard InChI is InChI=1S/C12H13BrO4/c1-16-6-7-17-10-3-4-11(13)9(8-10)2-5-12(14)15/h2-5,8H,6-7H2,1H3,(H,14,15)/b5-2+. The third-order valence-electron chi connectivity index (χ3n) is 1.93. The largest absolute Gasteiger partial charge is 0.491 e. The van der Waals surface area contributed by atoms with Gasteiger partial charge in [-0.05, 0) is 29.8 Å². The fraction of sp³-hybridized carbons (Fsp3) is 0.250. The lowest BCUT2D eigenvalue weighted by Crippen LogP contribution is -2.04. The number of hydrogen-bond donors (Lipinski definition) is 1. The molecular formula is C12H13BrO4. The average Bonchev–Trinajstić information content (AvgIpc) is 2.29. The van der Waals surface area contributed by atoms with Gasteiger partial charge in [0.1, 0.15) is 12.4 Å². The van der Waals surface area contributed by atoms with Crippen LogP contribution in [-0.2, 0) is 9.53 Å². The van der Waals surface area contributed by atoms with Crippen LogP contribution in [0.15, 0.2) is 28.7 Å². The molecule has 1 N–H and O–H groups in total. The molecule has 0 aliphatic carbocycles. The topological polar surface area (TPSA) is 55.8 Å². The SMILES string of the molecule is COCCOc1ccc(Br)c(/C=C/C(=O)O)c1. The highest BCUT2D eigenvalue weighted by molar-refractivity contribution is 9.10. The van der Waals surface area contributed by atoms with E-state index in [0.717, 1.165) is 16.1 Å². The zero-order chi connectivity index (χ0) is 12.7. The third-order valence-corrected chi connectivity index (χ3v) is 2.65. The first-order valence-corrected chi connectivity index (χ1v) is 5.75. The van der Waals surface area contributed by atoms with Gasteiger partial charge in [0.25, 0.3) is 0 Å². The molecule has 1 aromatic carbocycles. The molecule has 0 fully saturated rings. The molecule has 0 atom stereocenters. The molecule has 92 valence electrons. The number of hydrogen-bond acceptors (Lipinski definition) is 3. The average molecular weight is 301 g/mol. The molecule has 0 radical (unpaired) electrons. The second kappa shape index (κ2) is 7.09. The van der Waals surface area contributed by atoms with E-state index in [2.05, 4.69) is 15.9 Å². The van der Waals surface area contributed by atoms with Gasteiger partial charge in [0.15, 0.2) is 0 Å². The van der Waals surface area contributed by atoms with E-state index < -0.39 is 5.97 Å². The summed E-state index contributed by atoms with van der Waals surface area (Å²) in [5.41, 5.74) is 0.752. The molecule has 0 amide bonds. The van der Waals surface area contributed by atoms with Crippen LogP contribution in [0, 0.1) is 0 Å². The Morgan fingerprint density at radius 1 is 1.47 bits per heavy atom. The van der Waals surface area contributed by atoms with Crippen LogP contribution in [0.3, 0.4) is 0 Å². The van der Waals surface area contributed by atoms with Crippen LogP contribution < -0.4 is 4.74 Å². The van der Waals surface area contributed by atoms with E-state index in [1.54, 1.807) is 19.2 Å². The first-order valence-electron chi connectivity index (χ1n) is 4.96. The van der Waals surface area contributed by atoms with Crippen molar-refractivity contribution in [1.82, 2.24) is 0 Å². The number of aliphatic carboxylic acids is 1. The molecule has 17 heavy (non-hydrogen) atoms. The molecule has 0 aromatic heterocycles. The van der Waals surface area contributed by atoms with Crippen LogP contribution in [0.2, 0.25) is 0 Å². The van der Waals surface area contributed by atoms with E-state index >= 15 is 0 Å². The minimum Gasteiger partial charge on any atom is -0.491 e. The summed E-state index contributed by atoms with van der Waals surface area (Å²) >= 11 is 3.34. The molecule has 0 bridgehead atoms. The van der Waals surface area contributed by atoms with Crippen molar-refractivity contribution < 1.29 is 19.4 Å². The highest BCUT2D eigenvalue weighted by Crippen LogP contribution is 2.23. The molecule has 1 aromatic rings. The van der Waals surface area contributed by atoms with Crippen LogP contribution in [-0.4, -0.2) is 31.4 Å². The second-order valence-corrected chi connectivity index (χ2v) is 4.05. The highest BCUT2D eigenvalue weighted by Gasteiger charge is 2.00. The summed E-state index contributed by atoms with van der Waals surface area (Å²) in [6.07, 6.45) is 2.59. The number of rotatable bonds is 6. The highest BCUT2D eigenvalue weighted by atomic mass is 79.9. The van der Waals surface area contributed by atoms with E-state index in [1.165, 1.54) is 6.08 Å². The molecule has 0 unspecified atom stereocenters. The maximum atomic E-state index is 10.4. The van der Waals surface area contributed by atoms with Gasteiger partial charge in [-0.15, -0.1) is 0 Å². The van der Waals surface area contributed by atoms with Crippen molar-refractivity contribution in [1.29, 1.82) is 0 Å². The molecule has 0 aliphatic rings. The number of ether oxygens (including phenoxy) is 2. The zero-order valence-corrected chi connectivity index (χ0v) is 10.9. The number of benzene rings is 1. The van der Waals surface area contributed by atoms with Crippen molar-refractivity contribution in [3.63, 3.8) is 0 Å². The summed E-state index contributed by atoms with van der Waals surface area (Å²) in [6.45, 7) is 0.969. The van der Waals surface area contributed by atoms with Crippen molar-refractivity contribution in [3.05, 3.63) is 34.3 Å². The number of carboxylic acid groups (broad SMARTS) is 1. The van der Waals surface area contributed by atoms with Crippen molar-refractivity contribution in [3.8, 4) is 5.75 Å². The first-order chi connectivity index (χ1) is 8.13. The van der Waals surface area contributed by atoms with E-state index in [-0.39, 0.29) is 0 Å². The van der Waals surface area contributed by atoms with E-state index in [4.69, 9.17) is 14.6 Å². The van der Waals surface area contributed by atoms with E-state index in [0.29, 0.717) is 19.0 Å². The number of methoxy groups -OCH3 is 1. The van der Waals surface area contributed by atoms with Gasteiger partial charge in [-0.25, -0.2) is 4.79 Å². The normalized spacial score (nSPS) is 10.7. The summed E-state index contributed by atoms with van der Waals surface area (Å²) in [4.78, 5) is 10.4. The molecule has 5 heteroatoms. The molecule has 0 saturated heterocycles. The first kappa shape index (κ1) is 13.7. The summed E-state index contributed by atoms with van der Waals surface area (Å²) in [7, 11) is 1.60. The quantitative estimate of drug-likeness (QED) is 0.648. The van der Waals surface area contributed by atoms with Gasteiger partial charge >= 0.3 is 5.97 Å². The lowest BCUT2D eigenvalue weighted by molar-refractivity contribution is -0.131. The molecule has 1 rings (SSSR count). The van der Waals surface area contributed by atoms with Gasteiger partial charge in [0.2, 0.25) is 0 Å². The molecule has 0 spiro atoms. The Balaban J connectivity index is 2.75. The lowest BCUT2D eigenvalue weighted by atomic mass is 10.2. The maximum absolute atomic E-state index is 10.4. The van der Waals surface area contributed by atoms with Crippen LogP contribution in [0.4, 0.5) is 0 Å². The predicted octanol–water partition coefficient (Wildman–Crippen LogP) is 2.57. The Labute approximate surface area is 108 Å². The van der Waals surface area contributed by atoms with Crippen molar-refractivity contribution in [2.45, 2.75) is 0 Å². The van der Waals surface area contributed by atoms with Crippen LogP contribution in [0.5, 0.6) is 5.75 Å². The number of halogens is 1. The van der Waals surface area contributed by atoms with Gasteiger partial charge in [0, 0.05) is 17.7 Å². The minimum atomic E-state index is -0.984. The van der Waals surface area contributed by atoms with Crippen LogP contribution in [0.1, 0.15) is 5.56 Å². The molecule has 0 heterocycles. The lowest BCUT2D eigenvalue weighted by Gasteiger charge is -2.07. The fourth-order valence-corrected chi connectivity index (χ4v) is 1.52. The fourth-order valence-electron chi connectivity index (χ4n) is 1.14. The molecule has 0 aliphatic heterocycles. The van der Waals surface area contributed by atoms with Gasteiger partial charge in [0.05, 0.1) is 6.61 Å². The van der Waals surface area contributed by atoms with E-state index in [1.807, 2.05) is 6.07 Å². The van der Waals surface area contributed by atoms with Gasteiger partial charge in [-0.2, -0.15) is 0 Å². The second-order valence-electron chi connectivity index (χ2n) is 3.20. The predicted molar refractivity (Wildman–Crippen MR) is 68.2 cm³/mol. The van der Waals surface area contributed by atoms with Gasteiger partial charge in [-0.3, -0.25) is 0 Å². The summed E-state index contributed by atoms with van der Waals surface area (Å²) in [5.74, 6) is -0.308. The molecular weight excluding hydrogens is 288 g/mol. The maximum Gasteiger partial charge on any atom is 0.328 e. The Hall–Kier alpha value is -1.33. The summed E-state index contributed by atoms with van der Waals surface area (Å²) in [6, 6.07) is 5.38. The Morgan fingerprint density at radius 3 is 2.88 bits per heavy atom. The Bertz CT molecular complexity index is 415. The summed E-state index contributed by atoms with van der Waals surface area (Å²) in [5, 5.41) is 8.56.